The third-order valence-corrected chi connectivity index (χ3v) is 5.58. The van der Waals surface area contributed by atoms with E-state index in [1.54, 1.807) is 4.68 Å². The highest BCUT2D eigenvalue weighted by Gasteiger charge is 2.53. The van der Waals surface area contributed by atoms with Crippen LogP contribution in [0.15, 0.2) is 6.20 Å². The van der Waals surface area contributed by atoms with E-state index < -0.39 is 24.4 Å². The summed E-state index contributed by atoms with van der Waals surface area (Å²) in [6, 6.07) is 1.53. The highest BCUT2D eigenvalue weighted by atomic mass is 16.7. The maximum Gasteiger partial charge on any atom is 0.498 e. The zero-order chi connectivity index (χ0) is 18.6. The van der Waals surface area contributed by atoms with Crippen molar-refractivity contribution >= 4 is 18.7 Å². The number of hydrogen-bond acceptors (Lipinski definition) is 5. The van der Waals surface area contributed by atoms with Crippen molar-refractivity contribution in [1.29, 1.82) is 5.26 Å². The van der Waals surface area contributed by atoms with Crippen molar-refractivity contribution in [3.63, 3.8) is 0 Å². The van der Waals surface area contributed by atoms with Crippen LogP contribution in [0.5, 0.6) is 0 Å². The van der Waals surface area contributed by atoms with Gasteiger partial charge in [0, 0.05) is 18.2 Å². The van der Waals surface area contributed by atoms with Gasteiger partial charge in [0.05, 0.1) is 41.5 Å². The molecule has 1 aromatic rings. The molecule has 2 fully saturated rings. The number of nitrogens with zero attached hydrogens (tertiary/aromatic N) is 4. The number of nitriles is 1. The Morgan fingerprint density at radius 3 is 2.56 bits per heavy atom. The minimum atomic E-state index is -1.01. The topological polar surface area (TPSA) is 101 Å². The van der Waals surface area contributed by atoms with E-state index in [9.17, 15) is 9.90 Å². The van der Waals surface area contributed by atoms with Gasteiger partial charge < -0.3 is 14.4 Å². The van der Waals surface area contributed by atoms with Crippen LogP contribution in [0, 0.1) is 18.3 Å². The van der Waals surface area contributed by atoms with Crippen LogP contribution >= 0.6 is 0 Å². The molecule has 1 amide bonds. The van der Waals surface area contributed by atoms with Crippen molar-refractivity contribution in [3.05, 3.63) is 11.9 Å². The lowest BCUT2D eigenvalue weighted by molar-refractivity contribution is 0.00578. The molecule has 9 heteroatoms. The normalized spacial score (nSPS) is 27.0. The van der Waals surface area contributed by atoms with Gasteiger partial charge in [-0.2, -0.15) is 10.4 Å². The van der Waals surface area contributed by atoms with Crippen molar-refractivity contribution in [2.24, 2.45) is 0 Å². The first-order valence-corrected chi connectivity index (χ1v) is 8.35. The van der Waals surface area contributed by atoms with Crippen LogP contribution in [0.4, 0.5) is 4.79 Å². The van der Waals surface area contributed by atoms with Crippen LogP contribution in [0.25, 0.3) is 0 Å². The Bertz CT molecular complexity index is 723. The lowest BCUT2D eigenvalue weighted by Crippen LogP contribution is -2.58. The van der Waals surface area contributed by atoms with Gasteiger partial charge >= 0.3 is 13.2 Å². The van der Waals surface area contributed by atoms with E-state index in [0.29, 0.717) is 6.54 Å². The van der Waals surface area contributed by atoms with Gasteiger partial charge in [0.15, 0.2) is 0 Å². The minimum absolute atomic E-state index is 0.141. The molecule has 0 bridgehead atoms. The summed E-state index contributed by atoms with van der Waals surface area (Å²) in [6.07, 6.45) is 0.986. The molecular formula is C16H23BN4O4. The van der Waals surface area contributed by atoms with Gasteiger partial charge in [-0.1, -0.05) is 0 Å². The van der Waals surface area contributed by atoms with Gasteiger partial charge in [-0.05, 0) is 34.6 Å². The van der Waals surface area contributed by atoms with Gasteiger partial charge in [-0.3, -0.25) is 9.58 Å². The summed E-state index contributed by atoms with van der Waals surface area (Å²) in [5.74, 6) is 0. The molecule has 134 valence electrons. The maximum atomic E-state index is 11.2. The van der Waals surface area contributed by atoms with Crippen molar-refractivity contribution < 1.29 is 19.2 Å². The van der Waals surface area contributed by atoms with Crippen molar-refractivity contribution in [3.8, 4) is 6.07 Å². The van der Waals surface area contributed by atoms with Crippen LogP contribution in [-0.2, 0) is 9.31 Å². The van der Waals surface area contributed by atoms with Crippen LogP contribution in [0.1, 0.15) is 45.9 Å². The number of aromatic nitrogens is 2. The monoisotopic (exact) mass is 346 g/mol. The highest BCUT2D eigenvalue weighted by Crippen LogP contribution is 2.37. The summed E-state index contributed by atoms with van der Waals surface area (Å²) in [5.41, 5.74) is 0.740. The number of amides is 1. The largest absolute Gasteiger partial charge is 0.498 e. The molecule has 0 aliphatic carbocycles. The van der Waals surface area contributed by atoms with E-state index >= 15 is 0 Å². The Labute approximate surface area is 147 Å². The van der Waals surface area contributed by atoms with Crippen molar-refractivity contribution in [2.45, 2.75) is 64.3 Å². The molecule has 2 saturated heterocycles. The summed E-state index contributed by atoms with van der Waals surface area (Å²) in [4.78, 5) is 12.5. The lowest BCUT2D eigenvalue weighted by Gasteiger charge is -2.45. The van der Waals surface area contributed by atoms with Crippen molar-refractivity contribution in [1.82, 2.24) is 14.7 Å². The van der Waals surface area contributed by atoms with Gasteiger partial charge in [0.2, 0.25) is 0 Å². The first-order valence-electron chi connectivity index (χ1n) is 8.35. The van der Waals surface area contributed by atoms with Gasteiger partial charge in [0.25, 0.3) is 0 Å². The lowest BCUT2D eigenvalue weighted by atomic mass is 9.79. The number of aryl methyl sites for hydroxylation is 1. The molecular weight excluding hydrogens is 323 g/mol. The van der Waals surface area contributed by atoms with Crippen LogP contribution < -0.4 is 5.46 Å². The van der Waals surface area contributed by atoms with E-state index in [-0.39, 0.29) is 18.5 Å². The average Bonchev–Trinajstić information content (AvgIpc) is 2.92. The molecule has 2 aliphatic heterocycles. The van der Waals surface area contributed by atoms with E-state index in [0.717, 1.165) is 11.2 Å². The minimum Gasteiger partial charge on any atom is -0.465 e. The first-order chi connectivity index (χ1) is 11.6. The SMILES string of the molecule is Cc1nn(C2CN(C(=O)O)C2CC#N)cc1B1OC(C)(C)C(C)(C)O1. The van der Waals surface area contributed by atoms with Crippen LogP contribution in [0.2, 0.25) is 0 Å². The zero-order valence-electron chi connectivity index (χ0n) is 15.2. The molecule has 1 aromatic heterocycles. The average molecular weight is 346 g/mol. The van der Waals surface area contributed by atoms with E-state index in [4.69, 9.17) is 14.6 Å². The molecule has 25 heavy (non-hydrogen) atoms. The second kappa shape index (κ2) is 5.75. The van der Waals surface area contributed by atoms with Crippen LogP contribution in [-0.4, -0.2) is 56.8 Å². The molecule has 1 N–H and O–H groups in total. The third-order valence-electron chi connectivity index (χ3n) is 5.58. The van der Waals surface area contributed by atoms with Crippen molar-refractivity contribution in [2.75, 3.05) is 6.54 Å². The summed E-state index contributed by atoms with van der Waals surface area (Å²) < 4.78 is 13.9. The fraction of sp³-hybridized carbons (Fsp3) is 0.688. The molecule has 0 saturated carbocycles. The van der Waals surface area contributed by atoms with Gasteiger partial charge in [-0.25, -0.2) is 4.79 Å². The Morgan fingerprint density at radius 1 is 1.44 bits per heavy atom. The highest BCUT2D eigenvalue weighted by molar-refractivity contribution is 6.62. The fourth-order valence-electron chi connectivity index (χ4n) is 3.22. The van der Waals surface area contributed by atoms with E-state index in [2.05, 4.69) is 11.2 Å². The molecule has 3 heterocycles. The summed E-state index contributed by atoms with van der Waals surface area (Å²) >= 11 is 0. The first kappa shape index (κ1) is 17.8. The zero-order valence-corrected chi connectivity index (χ0v) is 15.2. The van der Waals surface area contributed by atoms with Gasteiger partial charge in [-0.15, -0.1) is 0 Å². The molecule has 0 aromatic carbocycles. The Balaban J connectivity index is 1.82. The Hall–Kier alpha value is -2.05. The molecule has 3 rings (SSSR count). The molecule has 2 unspecified atom stereocenters. The fourth-order valence-corrected chi connectivity index (χ4v) is 3.22. The van der Waals surface area contributed by atoms with Crippen LogP contribution in [0.3, 0.4) is 0 Å². The molecule has 2 atom stereocenters. The number of hydrogen-bond donors (Lipinski definition) is 1. The Morgan fingerprint density at radius 2 is 2.04 bits per heavy atom. The number of carbonyl (C=O) groups is 1. The molecule has 0 spiro atoms. The third kappa shape index (κ3) is 2.79. The van der Waals surface area contributed by atoms with E-state index in [1.807, 2.05) is 40.8 Å². The number of rotatable bonds is 3. The summed E-state index contributed by atoms with van der Waals surface area (Å²) in [7, 11) is -0.510. The standard InChI is InChI=1S/C16H23BN4O4/c1-10-11(17-24-15(2,3)16(4,5)25-17)8-21(19-10)13-9-20(14(22)23)12(13)6-7-18/h8,12-13H,6,9H2,1-5H3,(H,22,23). The van der Waals surface area contributed by atoms with E-state index in [1.165, 1.54) is 4.90 Å². The predicted molar refractivity (Wildman–Crippen MR) is 90.5 cm³/mol. The molecule has 0 radical (unpaired) electrons. The predicted octanol–water partition coefficient (Wildman–Crippen LogP) is 1.31. The quantitative estimate of drug-likeness (QED) is 0.828. The summed E-state index contributed by atoms with van der Waals surface area (Å²) in [6.45, 7) is 10.2. The second-order valence-corrected chi connectivity index (χ2v) is 7.67. The number of carboxylic acid groups (broad SMARTS) is 1. The second-order valence-electron chi connectivity index (χ2n) is 7.67. The Kier molecular flexibility index (Phi) is 4.08. The molecule has 8 nitrogen and oxygen atoms in total. The summed E-state index contributed by atoms with van der Waals surface area (Å²) in [5, 5.41) is 22.7. The number of likely N-dealkylation sites (tertiary alicyclic amines) is 1. The maximum absolute atomic E-state index is 11.2. The molecule has 2 aliphatic rings. The van der Waals surface area contributed by atoms with Gasteiger partial charge in [0.1, 0.15) is 0 Å². The smallest absolute Gasteiger partial charge is 0.465 e.